The molecule has 0 unspecified atom stereocenters. The Morgan fingerprint density at radius 1 is 1.20 bits per heavy atom. The van der Waals surface area contributed by atoms with E-state index in [2.05, 4.69) is 5.32 Å². The lowest BCUT2D eigenvalue weighted by Gasteiger charge is -2.19. The van der Waals surface area contributed by atoms with E-state index in [1.54, 1.807) is 0 Å². The van der Waals surface area contributed by atoms with E-state index in [4.69, 9.17) is 9.84 Å². The molecule has 2 N–H and O–H groups in total. The third-order valence-electron chi connectivity index (χ3n) is 4.52. The van der Waals surface area contributed by atoms with Gasteiger partial charge >= 0.3 is 12.1 Å². The molecule has 2 aromatic rings. The summed E-state index contributed by atoms with van der Waals surface area (Å²) in [5.74, 6) is -0.994. The normalized spacial score (nSPS) is 14.7. The van der Waals surface area contributed by atoms with Gasteiger partial charge in [-0.05, 0) is 41.3 Å². The number of hydrogen-bond acceptors (Lipinski definition) is 5. The molecule has 30 heavy (non-hydrogen) atoms. The highest BCUT2D eigenvalue weighted by molar-refractivity contribution is 7.95. The molecule has 1 heterocycles. The van der Waals surface area contributed by atoms with E-state index in [9.17, 15) is 26.4 Å². The molecule has 3 rings (SSSR count). The van der Waals surface area contributed by atoms with Gasteiger partial charge in [-0.3, -0.25) is 4.79 Å². The van der Waals surface area contributed by atoms with Gasteiger partial charge in [0.25, 0.3) is 0 Å². The van der Waals surface area contributed by atoms with E-state index in [-0.39, 0.29) is 40.6 Å². The van der Waals surface area contributed by atoms with Crippen molar-refractivity contribution >= 4 is 26.6 Å². The lowest BCUT2D eigenvalue weighted by molar-refractivity contribution is -0.138. The molecule has 0 spiro atoms. The first kappa shape index (κ1) is 21.7. The van der Waals surface area contributed by atoms with Crippen molar-refractivity contribution in [3.05, 3.63) is 64.4 Å². The summed E-state index contributed by atoms with van der Waals surface area (Å²) in [6.45, 7) is 1.49. The number of rotatable bonds is 6. The molecule has 160 valence electrons. The van der Waals surface area contributed by atoms with Gasteiger partial charge in [-0.25, -0.2) is 8.42 Å². The zero-order valence-electron chi connectivity index (χ0n) is 15.8. The molecule has 0 saturated heterocycles. The Morgan fingerprint density at radius 3 is 2.50 bits per heavy atom. The van der Waals surface area contributed by atoms with E-state index in [0.29, 0.717) is 10.9 Å². The maximum absolute atomic E-state index is 13.1. The molecule has 10 heteroatoms. The number of halogens is 3. The maximum atomic E-state index is 13.1. The van der Waals surface area contributed by atoms with Crippen LogP contribution in [0.3, 0.4) is 0 Å². The molecule has 0 atom stereocenters. The van der Waals surface area contributed by atoms with E-state index in [0.717, 1.165) is 12.1 Å². The maximum Gasteiger partial charge on any atom is 0.416 e. The predicted octanol–water partition coefficient (Wildman–Crippen LogP) is 3.63. The van der Waals surface area contributed by atoms with Gasteiger partial charge in [0.2, 0.25) is 0 Å². The molecule has 6 nitrogen and oxygen atoms in total. The number of nitrogens with one attached hydrogen (secondary N) is 1. The second-order valence-electron chi connectivity index (χ2n) is 6.62. The lowest BCUT2D eigenvalue weighted by atomic mass is 10.0. The fourth-order valence-electron chi connectivity index (χ4n) is 2.97. The van der Waals surface area contributed by atoms with Gasteiger partial charge < -0.3 is 15.2 Å². The number of aliphatic carboxylic acids is 1. The molecule has 0 aliphatic carbocycles. The Morgan fingerprint density at radius 2 is 1.93 bits per heavy atom. The van der Waals surface area contributed by atoms with E-state index < -0.39 is 27.5 Å². The van der Waals surface area contributed by atoms with Crippen LogP contribution >= 0.6 is 0 Å². The highest BCUT2D eigenvalue weighted by atomic mass is 32.2. The molecule has 0 saturated carbocycles. The third kappa shape index (κ3) is 4.76. The summed E-state index contributed by atoms with van der Waals surface area (Å²) in [5, 5.41) is 12.4. The van der Waals surface area contributed by atoms with Crippen LogP contribution in [0.1, 0.15) is 18.1 Å². The summed E-state index contributed by atoms with van der Waals surface area (Å²) >= 11 is 0. The van der Waals surface area contributed by atoms with Crippen LogP contribution in [0.15, 0.2) is 53.3 Å². The number of fused-ring (bicyclic) bond motifs is 1. The summed E-state index contributed by atoms with van der Waals surface area (Å²) in [4.78, 5) is 11.2. The van der Waals surface area contributed by atoms with Crippen LogP contribution in [0.25, 0.3) is 10.8 Å². The van der Waals surface area contributed by atoms with Gasteiger partial charge in [0, 0.05) is 5.39 Å². The fraction of sp³-hybridized carbons (Fsp3) is 0.250. The zero-order valence-corrected chi connectivity index (χ0v) is 16.6. The summed E-state index contributed by atoms with van der Waals surface area (Å²) in [6.07, 6.45) is -2.15. The summed E-state index contributed by atoms with van der Waals surface area (Å²) < 4.78 is 69.0. The van der Waals surface area contributed by atoms with Gasteiger partial charge in [-0.2, -0.15) is 13.2 Å². The first-order chi connectivity index (χ1) is 14.0. The number of sulfone groups is 1. The van der Waals surface area contributed by atoms with Crippen LogP contribution in [0.5, 0.6) is 5.75 Å². The SMILES string of the molecule is CCS(=O)(=O)C1=CC=C(Oc2cc(CC(=O)O)cc3ccc(C(F)(F)F)cc23)NC1. The predicted molar refractivity (Wildman–Crippen MR) is 105 cm³/mol. The van der Waals surface area contributed by atoms with E-state index >= 15 is 0 Å². The minimum atomic E-state index is -4.56. The van der Waals surface area contributed by atoms with Crippen LogP contribution < -0.4 is 10.1 Å². The van der Waals surface area contributed by atoms with Crippen molar-refractivity contribution in [3.63, 3.8) is 0 Å². The number of carboxylic acid groups (broad SMARTS) is 1. The second kappa shape index (κ2) is 8.02. The topological polar surface area (TPSA) is 92.7 Å². The van der Waals surface area contributed by atoms with Crippen molar-refractivity contribution < 1.29 is 36.2 Å². The van der Waals surface area contributed by atoms with Crippen LogP contribution in [0, 0.1) is 0 Å². The monoisotopic (exact) mass is 441 g/mol. The standard InChI is InChI=1S/C20H18F3NO5S/c1-2-30(27,28)15-5-6-18(24-11-15)29-17-8-12(9-19(25)26)7-13-3-4-14(10-16(13)17)20(21,22)23/h3-8,10,24H,2,9,11H2,1H3,(H,25,26). The van der Waals surface area contributed by atoms with Crippen molar-refractivity contribution in [2.75, 3.05) is 12.3 Å². The van der Waals surface area contributed by atoms with Gasteiger partial charge in [0.15, 0.2) is 15.7 Å². The van der Waals surface area contributed by atoms with Crippen molar-refractivity contribution in [2.24, 2.45) is 0 Å². The van der Waals surface area contributed by atoms with Crippen LogP contribution in [0.4, 0.5) is 13.2 Å². The molecular formula is C20H18F3NO5S. The molecule has 1 aliphatic heterocycles. The third-order valence-corrected chi connectivity index (χ3v) is 6.36. The highest BCUT2D eigenvalue weighted by Gasteiger charge is 2.31. The second-order valence-corrected chi connectivity index (χ2v) is 8.95. The Bertz CT molecular complexity index is 1170. The number of ether oxygens (including phenoxy) is 1. The highest BCUT2D eigenvalue weighted by Crippen LogP contribution is 2.36. The average Bonchev–Trinajstić information content (AvgIpc) is 2.67. The van der Waals surface area contributed by atoms with Crippen molar-refractivity contribution in [2.45, 2.75) is 19.5 Å². The number of alkyl halides is 3. The minimum absolute atomic E-state index is 0.0252. The molecule has 0 radical (unpaired) electrons. The van der Waals surface area contributed by atoms with Crippen molar-refractivity contribution in [1.82, 2.24) is 5.32 Å². The Balaban J connectivity index is 2.05. The Kier molecular flexibility index (Phi) is 5.80. The lowest BCUT2D eigenvalue weighted by Crippen LogP contribution is -2.27. The summed E-state index contributed by atoms with van der Waals surface area (Å²) in [7, 11) is -3.39. The molecular weight excluding hydrogens is 423 g/mol. The Hall–Kier alpha value is -3.01. The number of carboxylic acids is 1. The number of dihydropyridines is 1. The van der Waals surface area contributed by atoms with Crippen molar-refractivity contribution in [1.29, 1.82) is 0 Å². The molecule has 1 aliphatic rings. The van der Waals surface area contributed by atoms with Crippen LogP contribution in [0.2, 0.25) is 0 Å². The van der Waals surface area contributed by atoms with Gasteiger partial charge in [-0.15, -0.1) is 0 Å². The molecule has 2 aromatic carbocycles. The number of benzene rings is 2. The first-order valence-electron chi connectivity index (χ1n) is 8.90. The smallest absolute Gasteiger partial charge is 0.416 e. The van der Waals surface area contributed by atoms with E-state index in [1.807, 2.05) is 0 Å². The number of allylic oxidation sites excluding steroid dienone is 2. The number of hydrogen-bond donors (Lipinski definition) is 2. The minimum Gasteiger partial charge on any atom is -0.481 e. The first-order valence-corrected chi connectivity index (χ1v) is 10.6. The zero-order chi connectivity index (χ0) is 22.1. The summed E-state index contributed by atoms with van der Waals surface area (Å²) in [5.41, 5.74) is -0.515. The summed E-state index contributed by atoms with van der Waals surface area (Å²) in [6, 6.07) is 5.96. The Labute approximate surface area is 170 Å². The quantitative estimate of drug-likeness (QED) is 0.711. The van der Waals surface area contributed by atoms with E-state index in [1.165, 1.54) is 37.3 Å². The largest absolute Gasteiger partial charge is 0.481 e. The van der Waals surface area contributed by atoms with Crippen molar-refractivity contribution in [3.8, 4) is 5.75 Å². The van der Waals surface area contributed by atoms with Crippen LogP contribution in [-0.4, -0.2) is 31.8 Å². The number of carbonyl (C=O) groups is 1. The molecule has 0 amide bonds. The van der Waals surface area contributed by atoms with Gasteiger partial charge in [0.1, 0.15) is 5.75 Å². The average molecular weight is 441 g/mol. The molecule has 0 aromatic heterocycles. The molecule has 0 fully saturated rings. The van der Waals surface area contributed by atoms with Crippen LogP contribution in [-0.2, 0) is 27.2 Å². The van der Waals surface area contributed by atoms with Gasteiger partial charge in [-0.1, -0.05) is 19.1 Å². The van der Waals surface area contributed by atoms with Gasteiger partial charge in [0.05, 0.1) is 29.2 Å². The molecule has 0 bridgehead atoms. The fourth-order valence-corrected chi connectivity index (χ4v) is 3.91.